The molecule has 1 aliphatic rings. The first-order chi connectivity index (χ1) is 17.4. The van der Waals surface area contributed by atoms with Gasteiger partial charge in [0.15, 0.2) is 0 Å². The number of para-hydroxylation sites is 2. The number of fused-ring (bicyclic) bond motifs is 5. The Balaban J connectivity index is 1.82. The van der Waals surface area contributed by atoms with Crippen molar-refractivity contribution in [2.45, 2.75) is 13.0 Å². The number of ether oxygens (including phenoxy) is 1. The van der Waals surface area contributed by atoms with Crippen molar-refractivity contribution in [3.63, 3.8) is 0 Å². The first-order valence-corrected chi connectivity index (χ1v) is 11.8. The second-order valence-electron chi connectivity index (χ2n) is 9.23. The molecule has 0 bridgehead atoms. The largest absolute Gasteiger partial charge is 0.497 e. The first-order valence-electron chi connectivity index (χ1n) is 11.8. The molecule has 1 aliphatic heterocycles. The number of hydrogen-bond donors (Lipinski definition) is 1. The van der Waals surface area contributed by atoms with Crippen LogP contribution in [-0.4, -0.2) is 20.8 Å². The summed E-state index contributed by atoms with van der Waals surface area (Å²) in [6.07, 6.45) is 0. The van der Waals surface area contributed by atoms with E-state index < -0.39 is 0 Å². The van der Waals surface area contributed by atoms with E-state index in [2.05, 4.69) is 9.88 Å². The molecular formula is C29H26N4O3. The quantitative estimate of drug-likeness (QED) is 0.414. The number of hydrogen-bond acceptors (Lipinski definition) is 4. The van der Waals surface area contributed by atoms with Crippen molar-refractivity contribution in [2.24, 2.45) is 14.1 Å². The molecule has 3 heterocycles. The van der Waals surface area contributed by atoms with Gasteiger partial charge in [0.1, 0.15) is 5.75 Å². The number of nitrogens with one attached hydrogen (secondary N) is 1. The Hall–Kier alpha value is -4.52. The summed E-state index contributed by atoms with van der Waals surface area (Å²) in [6, 6.07) is 23.8. The molecule has 0 spiro atoms. The van der Waals surface area contributed by atoms with Gasteiger partial charge in [-0.05, 0) is 42.3 Å². The fourth-order valence-corrected chi connectivity index (χ4v) is 5.25. The highest BCUT2D eigenvalue weighted by molar-refractivity contribution is 5.99. The zero-order valence-electron chi connectivity index (χ0n) is 20.6. The van der Waals surface area contributed by atoms with Crippen molar-refractivity contribution in [1.29, 1.82) is 0 Å². The second-order valence-corrected chi connectivity index (χ2v) is 9.23. The van der Waals surface area contributed by atoms with Crippen LogP contribution in [0.2, 0.25) is 0 Å². The zero-order valence-corrected chi connectivity index (χ0v) is 20.6. The topological polar surface area (TPSA) is 70.2 Å². The van der Waals surface area contributed by atoms with Crippen LogP contribution in [0.1, 0.15) is 22.9 Å². The Morgan fingerprint density at radius 3 is 2.25 bits per heavy atom. The summed E-state index contributed by atoms with van der Waals surface area (Å²) in [7, 11) is 4.91. The third-order valence-corrected chi connectivity index (χ3v) is 7.10. The number of aryl methyl sites for hydroxylation is 2. The molecule has 0 radical (unpaired) electrons. The van der Waals surface area contributed by atoms with Crippen LogP contribution in [0.5, 0.6) is 5.75 Å². The predicted octanol–water partition coefficient (Wildman–Crippen LogP) is 4.53. The van der Waals surface area contributed by atoms with Gasteiger partial charge in [-0.15, -0.1) is 0 Å². The van der Waals surface area contributed by atoms with E-state index in [1.807, 2.05) is 79.7 Å². The minimum absolute atomic E-state index is 0.301. The molecule has 5 aromatic rings. The maximum absolute atomic E-state index is 13.7. The molecule has 0 saturated heterocycles. The van der Waals surface area contributed by atoms with Crippen LogP contribution in [-0.2, 0) is 14.1 Å². The van der Waals surface area contributed by atoms with E-state index in [0.717, 1.165) is 45.2 Å². The second kappa shape index (κ2) is 8.02. The molecule has 0 amide bonds. The van der Waals surface area contributed by atoms with Gasteiger partial charge >= 0.3 is 5.69 Å². The summed E-state index contributed by atoms with van der Waals surface area (Å²) in [6.45, 7) is 2.04. The molecule has 6 rings (SSSR count). The van der Waals surface area contributed by atoms with Crippen molar-refractivity contribution in [3.8, 4) is 22.7 Å². The monoisotopic (exact) mass is 478 g/mol. The van der Waals surface area contributed by atoms with Crippen molar-refractivity contribution < 1.29 is 4.74 Å². The molecule has 1 atom stereocenters. The lowest BCUT2D eigenvalue weighted by Crippen LogP contribution is -2.37. The number of nitrogens with zero attached hydrogens (tertiary/aromatic N) is 3. The van der Waals surface area contributed by atoms with Crippen LogP contribution in [0.15, 0.2) is 82.4 Å². The van der Waals surface area contributed by atoms with E-state index in [1.54, 1.807) is 18.7 Å². The number of benzene rings is 3. The van der Waals surface area contributed by atoms with E-state index in [-0.39, 0.29) is 17.3 Å². The summed E-state index contributed by atoms with van der Waals surface area (Å²) < 4.78 is 10.3. The molecule has 180 valence electrons. The lowest BCUT2D eigenvalue weighted by Gasteiger charge is -2.31. The summed E-state index contributed by atoms with van der Waals surface area (Å²) in [4.78, 5) is 26.8. The predicted molar refractivity (Wildman–Crippen MR) is 142 cm³/mol. The van der Waals surface area contributed by atoms with E-state index in [4.69, 9.17) is 4.74 Å². The van der Waals surface area contributed by atoms with Gasteiger partial charge in [0, 0.05) is 14.1 Å². The van der Waals surface area contributed by atoms with E-state index in [1.165, 1.54) is 11.6 Å². The van der Waals surface area contributed by atoms with Crippen molar-refractivity contribution in [3.05, 3.63) is 110 Å². The summed E-state index contributed by atoms with van der Waals surface area (Å²) in [5.41, 5.74) is 6.51. The maximum Gasteiger partial charge on any atom is 0.331 e. The van der Waals surface area contributed by atoms with Gasteiger partial charge in [0.25, 0.3) is 5.56 Å². The minimum Gasteiger partial charge on any atom is -0.497 e. The summed E-state index contributed by atoms with van der Waals surface area (Å²) >= 11 is 0. The molecule has 2 aromatic heterocycles. The SMILES string of the molecule is COc1ccc([C@@H]2Nc3ccccc3-n3c(-c4ccc(C)cc4)c4c(=O)n(C)c(=O)n(C)c4c32)cc1. The molecule has 0 unspecified atom stereocenters. The third-order valence-electron chi connectivity index (χ3n) is 7.10. The third kappa shape index (κ3) is 3.05. The molecule has 0 saturated carbocycles. The van der Waals surface area contributed by atoms with Crippen LogP contribution in [0.4, 0.5) is 5.69 Å². The van der Waals surface area contributed by atoms with E-state index >= 15 is 0 Å². The van der Waals surface area contributed by atoms with Crippen LogP contribution >= 0.6 is 0 Å². The molecular weight excluding hydrogens is 452 g/mol. The lowest BCUT2D eigenvalue weighted by atomic mass is 9.99. The van der Waals surface area contributed by atoms with E-state index in [9.17, 15) is 9.59 Å². The molecule has 7 nitrogen and oxygen atoms in total. The number of rotatable bonds is 3. The van der Waals surface area contributed by atoms with Gasteiger partial charge < -0.3 is 14.6 Å². The van der Waals surface area contributed by atoms with Crippen LogP contribution in [0, 0.1) is 6.92 Å². The van der Waals surface area contributed by atoms with Gasteiger partial charge in [-0.2, -0.15) is 0 Å². The van der Waals surface area contributed by atoms with Gasteiger partial charge in [-0.1, -0.05) is 54.1 Å². The molecule has 1 N–H and O–H groups in total. The number of aromatic nitrogens is 3. The van der Waals surface area contributed by atoms with Crippen molar-refractivity contribution in [2.75, 3.05) is 12.4 Å². The fourth-order valence-electron chi connectivity index (χ4n) is 5.25. The minimum atomic E-state index is -0.358. The highest BCUT2D eigenvalue weighted by Crippen LogP contribution is 2.45. The Morgan fingerprint density at radius 2 is 1.56 bits per heavy atom. The van der Waals surface area contributed by atoms with Crippen LogP contribution in [0.25, 0.3) is 27.8 Å². The maximum atomic E-state index is 13.7. The smallest absolute Gasteiger partial charge is 0.331 e. The normalized spacial score (nSPS) is 14.3. The van der Waals surface area contributed by atoms with Crippen molar-refractivity contribution >= 4 is 16.6 Å². The molecule has 7 heteroatoms. The Morgan fingerprint density at radius 1 is 0.861 bits per heavy atom. The van der Waals surface area contributed by atoms with Gasteiger partial charge in [0.2, 0.25) is 0 Å². The Labute approximate surface area is 207 Å². The molecule has 0 aliphatic carbocycles. The average Bonchev–Trinajstić information content (AvgIpc) is 3.27. The average molecular weight is 479 g/mol. The van der Waals surface area contributed by atoms with Crippen LogP contribution in [0.3, 0.4) is 0 Å². The molecule has 0 fully saturated rings. The van der Waals surface area contributed by atoms with Gasteiger partial charge in [-0.3, -0.25) is 13.9 Å². The van der Waals surface area contributed by atoms with Gasteiger partial charge in [0.05, 0.1) is 46.8 Å². The molecule has 3 aromatic carbocycles. The highest BCUT2D eigenvalue weighted by atomic mass is 16.5. The Bertz CT molecular complexity index is 1760. The Kier molecular flexibility index (Phi) is 4.89. The summed E-state index contributed by atoms with van der Waals surface area (Å²) in [5, 5.41) is 4.19. The fraction of sp³-hybridized carbons (Fsp3) is 0.172. The van der Waals surface area contributed by atoms with Crippen LogP contribution < -0.4 is 21.3 Å². The standard InChI is InChI=1S/C29H26N4O3/c1-17-9-11-19(12-10-17)25-23-26(31(2)29(35)32(3)28(23)34)27-24(18-13-15-20(36-4)16-14-18)30-21-7-5-6-8-22(21)33(25)27/h5-16,24,30H,1-4H3/t24-/m0/s1. The lowest BCUT2D eigenvalue weighted by molar-refractivity contribution is 0.414. The first kappa shape index (κ1) is 22.0. The zero-order chi connectivity index (χ0) is 25.1. The van der Waals surface area contributed by atoms with Gasteiger partial charge in [-0.25, -0.2) is 4.79 Å². The summed E-state index contributed by atoms with van der Waals surface area (Å²) in [5.74, 6) is 0.761. The number of anilines is 1. The molecule has 36 heavy (non-hydrogen) atoms. The highest BCUT2D eigenvalue weighted by Gasteiger charge is 2.34. The van der Waals surface area contributed by atoms with Crippen molar-refractivity contribution in [1.82, 2.24) is 13.7 Å². The number of methoxy groups -OCH3 is 1. The van der Waals surface area contributed by atoms with E-state index in [0.29, 0.717) is 10.9 Å².